The molecule has 1 nitrogen and oxygen atoms in total. The molecule has 2 rings (SSSR count). The molecular formula is C10H12FN. The molecule has 0 amide bonds. The van der Waals surface area contributed by atoms with Crippen molar-refractivity contribution in [3.05, 3.63) is 29.6 Å². The van der Waals surface area contributed by atoms with Gasteiger partial charge in [0, 0.05) is 25.2 Å². The van der Waals surface area contributed by atoms with Crippen molar-refractivity contribution in [1.82, 2.24) is 0 Å². The number of hydrogen-bond donors (Lipinski definition) is 0. The molecule has 1 aliphatic rings. The summed E-state index contributed by atoms with van der Waals surface area (Å²) < 4.78 is 12.8. The average Bonchev–Trinajstić information content (AvgIpc) is 2.28. The maximum atomic E-state index is 12.8. The number of benzene rings is 1. The Kier molecular flexibility index (Phi) is 1.56. The summed E-state index contributed by atoms with van der Waals surface area (Å²) in [6.45, 7) is 3.13. The normalized spacial score (nSPS) is 21.2. The molecule has 0 aliphatic carbocycles. The lowest BCUT2D eigenvalue weighted by molar-refractivity contribution is 0.625. The molecule has 64 valence electrons. The van der Waals surface area contributed by atoms with Gasteiger partial charge in [0.1, 0.15) is 5.82 Å². The molecule has 0 saturated heterocycles. The van der Waals surface area contributed by atoms with Crippen LogP contribution in [-0.4, -0.2) is 13.6 Å². The molecule has 0 saturated carbocycles. The Morgan fingerprint density at radius 3 is 3.00 bits per heavy atom. The highest BCUT2D eigenvalue weighted by molar-refractivity contribution is 5.59. The molecule has 1 aromatic rings. The Labute approximate surface area is 71.8 Å². The fraction of sp³-hybridized carbons (Fsp3) is 0.400. The van der Waals surface area contributed by atoms with Crippen LogP contribution < -0.4 is 4.90 Å². The zero-order valence-corrected chi connectivity index (χ0v) is 7.34. The highest BCUT2D eigenvalue weighted by Gasteiger charge is 2.22. The number of likely N-dealkylation sites (N-methyl/N-ethyl adjacent to an activating group) is 1. The van der Waals surface area contributed by atoms with Crippen LogP contribution in [0.4, 0.5) is 10.1 Å². The van der Waals surface area contributed by atoms with Gasteiger partial charge < -0.3 is 4.90 Å². The van der Waals surface area contributed by atoms with Crippen LogP contribution in [0, 0.1) is 5.82 Å². The van der Waals surface area contributed by atoms with E-state index in [-0.39, 0.29) is 5.82 Å². The number of anilines is 1. The fourth-order valence-electron chi connectivity index (χ4n) is 1.88. The molecule has 1 atom stereocenters. The molecule has 1 aliphatic heterocycles. The van der Waals surface area contributed by atoms with Crippen molar-refractivity contribution >= 4 is 5.69 Å². The summed E-state index contributed by atoms with van der Waals surface area (Å²) in [6.07, 6.45) is 0. The van der Waals surface area contributed by atoms with Gasteiger partial charge in [0.2, 0.25) is 0 Å². The minimum atomic E-state index is -0.129. The molecule has 1 unspecified atom stereocenters. The van der Waals surface area contributed by atoms with Gasteiger partial charge >= 0.3 is 0 Å². The van der Waals surface area contributed by atoms with E-state index >= 15 is 0 Å². The molecule has 0 spiro atoms. The van der Waals surface area contributed by atoms with Crippen LogP contribution in [0.2, 0.25) is 0 Å². The lowest BCUT2D eigenvalue weighted by Crippen LogP contribution is -2.13. The van der Waals surface area contributed by atoms with E-state index in [9.17, 15) is 4.39 Å². The number of halogens is 1. The third-order valence-electron chi connectivity index (χ3n) is 2.48. The summed E-state index contributed by atoms with van der Waals surface area (Å²) in [6, 6.07) is 5.02. The van der Waals surface area contributed by atoms with Crippen LogP contribution in [0.15, 0.2) is 18.2 Å². The van der Waals surface area contributed by atoms with Crippen LogP contribution in [0.3, 0.4) is 0 Å². The fourth-order valence-corrected chi connectivity index (χ4v) is 1.88. The predicted octanol–water partition coefficient (Wildman–Crippen LogP) is 2.38. The molecule has 1 heterocycles. The predicted molar refractivity (Wildman–Crippen MR) is 48.1 cm³/mol. The third kappa shape index (κ3) is 0.986. The van der Waals surface area contributed by atoms with Crippen molar-refractivity contribution in [2.45, 2.75) is 12.8 Å². The van der Waals surface area contributed by atoms with Crippen LogP contribution >= 0.6 is 0 Å². The second kappa shape index (κ2) is 2.47. The van der Waals surface area contributed by atoms with Gasteiger partial charge in [-0.15, -0.1) is 0 Å². The second-order valence-electron chi connectivity index (χ2n) is 3.48. The molecule has 0 N–H and O–H groups in total. The number of hydrogen-bond acceptors (Lipinski definition) is 1. The summed E-state index contributed by atoms with van der Waals surface area (Å²) in [5.41, 5.74) is 2.31. The van der Waals surface area contributed by atoms with E-state index < -0.39 is 0 Å². The first-order valence-electron chi connectivity index (χ1n) is 4.19. The van der Waals surface area contributed by atoms with E-state index in [1.807, 2.05) is 13.1 Å². The Bertz CT molecular complexity index is 309. The van der Waals surface area contributed by atoms with Crippen LogP contribution in [-0.2, 0) is 0 Å². The van der Waals surface area contributed by atoms with Gasteiger partial charge in [0.25, 0.3) is 0 Å². The van der Waals surface area contributed by atoms with E-state index in [0.717, 1.165) is 12.1 Å². The Morgan fingerprint density at radius 1 is 1.50 bits per heavy atom. The van der Waals surface area contributed by atoms with Gasteiger partial charge in [-0.1, -0.05) is 6.92 Å². The highest BCUT2D eigenvalue weighted by Crippen LogP contribution is 2.34. The molecular weight excluding hydrogens is 153 g/mol. The molecule has 0 bridgehead atoms. The SMILES string of the molecule is CC1CN(C)c2ccc(F)cc21. The van der Waals surface area contributed by atoms with Crippen molar-refractivity contribution < 1.29 is 4.39 Å². The van der Waals surface area contributed by atoms with Crippen molar-refractivity contribution in [2.75, 3.05) is 18.5 Å². The first kappa shape index (κ1) is 7.59. The van der Waals surface area contributed by atoms with Crippen LogP contribution in [0.1, 0.15) is 18.4 Å². The van der Waals surface area contributed by atoms with E-state index in [0.29, 0.717) is 5.92 Å². The van der Waals surface area contributed by atoms with Gasteiger partial charge in [0.15, 0.2) is 0 Å². The molecule has 0 aromatic heterocycles. The lowest BCUT2D eigenvalue weighted by atomic mass is 10.0. The Morgan fingerprint density at radius 2 is 2.25 bits per heavy atom. The molecule has 2 heteroatoms. The number of fused-ring (bicyclic) bond motifs is 1. The van der Waals surface area contributed by atoms with E-state index in [2.05, 4.69) is 11.8 Å². The van der Waals surface area contributed by atoms with E-state index in [4.69, 9.17) is 0 Å². The van der Waals surface area contributed by atoms with Gasteiger partial charge in [-0.05, 0) is 23.8 Å². The monoisotopic (exact) mass is 165 g/mol. The van der Waals surface area contributed by atoms with Crippen molar-refractivity contribution in [1.29, 1.82) is 0 Å². The zero-order chi connectivity index (χ0) is 8.72. The molecule has 0 fully saturated rings. The molecule has 1 aromatic carbocycles. The maximum absolute atomic E-state index is 12.8. The van der Waals surface area contributed by atoms with Crippen molar-refractivity contribution in [3.8, 4) is 0 Å². The largest absolute Gasteiger partial charge is 0.374 e. The maximum Gasteiger partial charge on any atom is 0.123 e. The summed E-state index contributed by atoms with van der Waals surface area (Å²) in [4.78, 5) is 2.17. The molecule has 0 radical (unpaired) electrons. The van der Waals surface area contributed by atoms with Crippen LogP contribution in [0.25, 0.3) is 0 Å². The first-order valence-corrected chi connectivity index (χ1v) is 4.19. The zero-order valence-electron chi connectivity index (χ0n) is 7.34. The van der Waals surface area contributed by atoms with Crippen LogP contribution in [0.5, 0.6) is 0 Å². The smallest absolute Gasteiger partial charge is 0.123 e. The third-order valence-corrected chi connectivity index (χ3v) is 2.48. The van der Waals surface area contributed by atoms with Gasteiger partial charge in [-0.25, -0.2) is 4.39 Å². The highest BCUT2D eigenvalue weighted by atomic mass is 19.1. The number of rotatable bonds is 0. The first-order chi connectivity index (χ1) is 5.68. The van der Waals surface area contributed by atoms with Gasteiger partial charge in [-0.3, -0.25) is 0 Å². The minimum absolute atomic E-state index is 0.129. The second-order valence-corrected chi connectivity index (χ2v) is 3.48. The topological polar surface area (TPSA) is 3.24 Å². The van der Waals surface area contributed by atoms with E-state index in [1.54, 1.807) is 6.07 Å². The van der Waals surface area contributed by atoms with Crippen molar-refractivity contribution in [3.63, 3.8) is 0 Å². The standard InChI is InChI=1S/C10H12FN/c1-7-6-12(2)10-4-3-8(11)5-9(7)10/h3-5,7H,6H2,1-2H3. The van der Waals surface area contributed by atoms with Gasteiger partial charge in [0.05, 0.1) is 0 Å². The molecule has 12 heavy (non-hydrogen) atoms. The summed E-state index contributed by atoms with van der Waals surface area (Å²) in [5.74, 6) is 0.330. The van der Waals surface area contributed by atoms with Gasteiger partial charge in [-0.2, -0.15) is 0 Å². The summed E-state index contributed by atoms with van der Waals surface area (Å²) >= 11 is 0. The average molecular weight is 165 g/mol. The lowest BCUT2D eigenvalue weighted by Gasteiger charge is -2.10. The van der Waals surface area contributed by atoms with Crippen molar-refractivity contribution in [2.24, 2.45) is 0 Å². The summed E-state index contributed by atoms with van der Waals surface area (Å²) in [5, 5.41) is 0. The summed E-state index contributed by atoms with van der Waals surface area (Å²) in [7, 11) is 2.04. The quantitative estimate of drug-likeness (QED) is 0.570. The van der Waals surface area contributed by atoms with E-state index in [1.165, 1.54) is 11.8 Å². The number of nitrogens with zero attached hydrogens (tertiary/aromatic N) is 1. The Hall–Kier alpha value is -1.05. The Balaban J connectivity index is 2.53. The minimum Gasteiger partial charge on any atom is -0.374 e.